The van der Waals surface area contributed by atoms with Gasteiger partial charge in [0.15, 0.2) is 0 Å². The minimum absolute atomic E-state index is 0.252. The van der Waals surface area contributed by atoms with E-state index in [1.165, 1.54) is 38.5 Å². The van der Waals surface area contributed by atoms with Gasteiger partial charge in [0, 0.05) is 0 Å². The molecule has 0 aromatic heterocycles. The summed E-state index contributed by atoms with van der Waals surface area (Å²) < 4.78 is 0. The summed E-state index contributed by atoms with van der Waals surface area (Å²) in [6, 6.07) is 0. The summed E-state index contributed by atoms with van der Waals surface area (Å²) in [7, 11) is 0. The average molecular weight is 168 g/mol. The maximum atomic E-state index is 10.6. The molecule has 0 aromatic rings. The number of hydrogen-bond donors (Lipinski definition) is 1. The van der Waals surface area contributed by atoms with Crippen LogP contribution in [-0.2, 0) is 4.79 Å². The first-order chi connectivity index (χ1) is 5.73. The van der Waals surface area contributed by atoms with E-state index in [1.54, 1.807) is 0 Å². The summed E-state index contributed by atoms with van der Waals surface area (Å²) >= 11 is 0. The van der Waals surface area contributed by atoms with Crippen LogP contribution >= 0.6 is 0 Å². The monoisotopic (exact) mass is 168 g/mol. The van der Waals surface area contributed by atoms with Crippen LogP contribution in [0.1, 0.15) is 44.9 Å². The lowest BCUT2D eigenvalue weighted by atomic mass is 9.85. The Kier molecular flexibility index (Phi) is 1.85. The maximum Gasteiger partial charge on any atom is 0.303 e. The van der Waals surface area contributed by atoms with Crippen molar-refractivity contribution in [2.24, 2.45) is 11.3 Å². The van der Waals surface area contributed by atoms with Crippen molar-refractivity contribution < 1.29 is 9.90 Å². The fourth-order valence-corrected chi connectivity index (χ4v) is 2.73. The molecule has 0 saturated heterocycles. The summed E-state index contributed by atoms with van der Waals surface area (Å²) in [6.45, 7) is 0. The molecule has 2 heteroatoms. The molecule has 0 spiro atoms. The minimum Gasteiger partial charge on any atom is -0.481 e. The summed E-state index contributed by atoms with van der Waals surface area (Å²) in [5, 5.41) is 8.75. The molecule has 12 heavy (non-hydrogen) atoms. The van der Waals surface area contributed by atoms with E-state index in [9.17, 15) is 4.79 Å². The Labute approximate surface area is 73.0 Å². The molecule has 0 amide bonds. The molecule has 0 atom stereocenters. The van der Waals surface area contributed by atoms with Crippen molar-refractivity contribution in [1.82, 2.24) is 0 Å². The van der Waals surface area contributed by atoms with E-state index in [4.69, 9.17) is 5.11 Å². The highest BCUT2D eigenvalue weighted by Gasteiger charge is 2.50. The molecule has 2 fully saturated rings. The fraction of sp³-hybridized carbons (Fsp3) is 0.900. The van der Waals surface area contributed by atoms with Crippen LogP contribution in [-0.4, -0.2) is 11.1 Å². The molecule has 2 aliphatic rings. The first-order valence-corrected chi connectivity index (χ1v) is 4.95. The maximum absolute atomic E-state index is 10.6. The van der Waals surface area contributed by atoms with Crippen molar-refractivity contribution in [1.29, 1.82) is 0 Å². The third kappa shape index (κ3) is 1.35. The lowest BCUT2D eigenvalue weighted by molar-refractivity contribution is -0.139. The predicted octanol–water partition coefficient (Wildman–Crippen LogP) is 2.43. The molecular formula is C10H16O2. The highest BCUT2D eigenvalue weighted by atomic mass is 16.4. The Morgan fingerprint density at radius 2 is 1.92 bits per heavy atom. The molecule has 2 saturated carbocycles. The number of carboxylic acids is 1. The van der Waals surface area contributed by atoms with Crippen LogP contribution < -0.4 is 0 Å². The molecule has 1 N–H and O–H groups in total. The van der Waals surface area contributed by atoms with Crippen LogP contribution in [0.4, 0.5) is 0 Å². The van der Waals surface area contributed by atoms with E-state index in [0.717, 1.165) is 5.92 Å². The summed E-state index contributed by atoms with van der Waals surface area (Å²) in [5.41, 5.74) is 0.252. The molecule has 0 heterocycles. The van der Waals surface area contributed by atoms with Gasteiger partial charge in [0.25, 0.3) is 0 Å². The Hall–Kier alpha value is -0.530. The molecular weight excluding hydrogens is 152 g/mol. The molecule has 2 rings (SSSR count). The summed E-state index contributed by atoms with van der Waals surface area (Å²) in [4.78, 5) is 10.6. The molecule has 0 radical (unpaired) electrons. The van der Waals surface area contributed by atoms with E-state index in [-0.39, 0.29) is 5.41 Å². The quantitative estimate of drug-likeness (QED) is 0.702. The number of carbonyl (C=O) groups is 1. The van der Waals surface area contributed by atoms with E-state index in [2.05, 4.69) is 0 Å². The largest absolute Gasteiger partial charge is 0.481 e. The highest BCUT2D eigenvalue weighted by molar-refractivity contribution is 5.68. The van der Waals surface area contributed by atoms with Gasteiger partial charge in [-0.05, 0) is 37.0 Å². The van der Waals surface area contributed by atoms with Crippen LogP contribution in [0.2, 0.25) is 0 Å². The van der Waals surface area contributed by atoms with E-state index < -0.39 is 5.97 Å². The number of carboxylic acid groups (broad SMARTS) is 1. The van der Waals surface area contributed by atoms with Crippen molar-refractivity contribution >= 4 is 5.97 Å². The Balaban J connectivity index is 1.95. The molecule has 68 valence electrons. The van der Waals surface area contributed by atoms with Crippen molar-refractivity contribution in [3.05, 3.63) is 0 Å². The van der Waals surface area contributed by atoms with Crippen LogP contribution in [0.3, 0.4) is 0 Å². The average Bonchev–Trinajstić information content (AvgIpc) is 2.61. The van der Waals surface area contributed by atoms with Crippen LogP contribution in [0.15, 0.2) is 0 Å². The molecule has 0 bridgehead atoms. The molecule has 2 nitrogen and oxygen atoms in total. The Morgan fingerprint density at radius 3 is 2.33 bits per heavy atom. The zero-order valence-corrected chi connectivity index (χ0v) is 7.38. The molecule has 2 aliphatic carbocycles. The van der Waals surface area contributed by atoms with Crippen molar-refractivity contribution in [3.8, 4) is 0 Å². The lowest BCUT2D eigenvalue weighted by Crippen LogP contribution is -2.17. The van der Waals surface area contributed by atoms with E-state index >= 15 is 0 Å². The van der Waals surface area contributed by atoms with Gasteiger partial charge in [0.1, 0.15) is 0 Å². The third-order valence-corrected chi connectivity index (χ3v) is 3.62. The number of aliphatic carboxylic acids is 1. The first-order valence-electron chi connectivity index (χ1n) is 4.95. The van der Waals surface area contributed by atoms with Gasteiger partial charge >= 0.3 is 5.97 Å². The second-order valence-corrected chi connectivity index (χ2v) is 4.41. The van der Waals surface area contributed by atoms with Gasteiger partial charge < -0.3 is 5.11 Å². The second kappa shape index (κ2) is 2.75. The van der Waals surface area contributed by atoms with Gasteiger partial charge in [-0.2, -0.15) is 0 Å². The van der Waals surface area contributed by atoms with Crippen LogP contribution in [0.5, 0.6) is 0 Å². The first kappa shape index (κ1) is 8.09. The van der Waals surface area contributed by atoms with Gasteiger partial charge in [0.05, 0.1) is 6.42 Å². The summed E-state index contributed by atoms with van der Waals surface area (Å²) in [5.74, 6) is 0.146. The topological polar surface area (TPSA) is 37.3 Å². The zero-order valence-electron chi connectivity index (χ0n) is 7.38. The highest BCUT2D eigenvalue weighted by Crippen LogP contribution is 2.59. The normalized spacial score (nSPS) is 27.3. The molecule has 0 aliphatic heterocycles. The van der Waals surface area contributed by atoms with E-state index in [0.29, 0.717) is 6.42 Å². The van der Waals surface area contributed by atoms with Crippen molar-refractivity contribution in [2.45, 2.75) is 44.9 Å². The second-order valence-electron chi connectivity index (χ2n) is 4.41. The third-order valence-electron chi connectivity index (χ3n) is 3.62. The van der Waals surface area contributed by atoms with Gasteiger partial charge in [-0.3, -0.25) is 4.79 Å². The Bertz CT molecular complexity index is 188. The smallest absolute Gasteiger partial charge is 0.303 e. The van der Waals surface area contributed by atoms with Crippen LogP contribution in [0, 0.1) is 11.3 Å². The van der Waals surface area contributed by atoms with Gasteiger partial charge in [-0.1, -0.05) is 12.8 Å². The molecule has 0 unspecified atom stereocenters. The van der Waals surface area contributed by atoms with Gasteiger partial charge in [-0.15, -0.1) is 0 Å². The standard InChI is InChI=1S/C10H16O2/c11-9(12)7-10(5-6-10)8-3-1-2-4-8/h8H,1-7H2,(H,11,12). The predicted molar refractivity (Wildman–Crippen MR) is 45.9 cm³/mol. The SMILES string of the molecule is O=C(O)CC1(C2CCCC2)CC1. The lowest BCUT2D eigenvalue weighted by Gasteiger charge is -2.20. The Morgan fingerprint density at radius 1 is 1.33 bits per heavy atom. The van der Waals surface area contributed by atoms with Gasteiger partial charge in [-0.25, -0.2) is 0 Å². The minimum atomic E-state index is -0.598. The number of hydrogen-bond acceptors (Lipinski definition) is 1. The zero-order chi connectivity index (χ0) is 8.60. The fourth-order valence-electron chi connectivity index (χ4n) is 2.73. The van der Waals surface area contributed by atoms with Gasteiger partial charge in [0.2, 0.25) is 0 Å². The summed E-state index contributed by atoms with van der Waals surface area (Å²) in [6.07, 6.45) is 7.99. The van der Waals surface area contributed by atoms with Crippen molar-refractivity contribution in [3.63, 3.8) is 0 Å². The van der Waals surface area contributed by atoms with Crippen LogP contribution in [0.25, 0.3) is 0 Å². The molecule has 0 aromatic carbocycles. The van der Waals surface area contributed by atoms with E-state index in [1.807, 2.05) is 0 Å². The number of rotatable bonds is 3. The van der Waals surface area contributed by atoms with Crippen molar-refractivity contribution in [2.75, 3.05) is 0 Å².